The fourth-order valence-electron chi connectivity index (χ4n) is 3.55. The average Bonchev–Trinajstić information content (AvgIpc) is 2.85. The van der Waals surface area contributed by atoms with Crippen LogP contribution in [-0.2, 0) is 26.2 Å². The Hall–Kier alpha value is -3.27. The highest BCUT2D eigenvalue weighted by Crippen LogP contribution is 2.30. The van der Waals surface area contributed by atoms with Crippen LogP contribution >= 0.6 is 0 Å². The van der Waals surface area contributed by atoms with Crippen molar-refractivity contribution in [1.82, 2.24) is 10.2 Å². The third kappa shape index (κ3) is 7.87. The summed E-state index contributed by atoms with van der Waals surface area (Å²) >= 11 is 0. The van der Waals surface area contributed by atoms with Crippen molar-refractivity contribution in [1.29, 1.82) is 0 Å². The molecule has 0 aliphatic rings. The summed E-state index contributed by atoms with van der Waals surface area (Å²) in [6, 6.07) is 12.9. The number of nitrogens with zero attached hydrogens (tertiary/aromatic N) is 2. The number of benzene rings is 2. The third-order valence-corrected chi connectivity index (χ3v) is 6.89. The number of methoxy groups -OCH3 is 1. The van der Waals surface area contributed by atoms with Crippen LogP contribution in [0.5, 0.6) is 11.5 Å². The van der Waals surface area contributed by atoms with Gasteiger partial charge in [-0.3, -0.25) is 13.9 Å². The van der Waals surface area contributed by atoms with Crippen molar-refractivity contribution in [2.45, 2.75) is 52.7 Å². The Labute approximate surface area is 214 Å². The number of para-hydroxylation sites is 2. The summed E-state index contributed by atoms with van der Waals surface area (Å²) in [5.41, 5.74) is 1.000. The number of anilines is 1. The van der Waals surface area contributed by atoms with Gasteiger partial charge in [-0.05, 0) is 57.0 Å². The van der Waals surface area contributed by atoms with Crippen molar-refractivity contribution in [3.05, 3.63) is 54.1 Å². The summed E-state index contributed by atoms with van der Waals surface area (Å²) in [6.07, 6.45) is 1.77. The molecule has 0 aromatic heterocycles. The Balaban J connectivity index is 2.45. The van der Waals surface area contributed by atoms with E-state index in [1.807, 2.05) is 19.9 Å². The van der Waals surface area contributed by atoms with Crippen molar-refractivity contribution in [2.75, 3.05) is 30.8 Å². The van der Waals surface area contributed by atoms with E-state index < -0.39 is 28.5 Å². The van der Waals surface area contributed by atoms with E-state index in [2.05, 4.69) is 5.32 Å². The minimum atomic E-state index is -3.85. The second-order valence-electron chi connectivity index (χ2n) is 8.54. The lowest BCUT2D eigenvalue weighted by atomic mass is 10.1. The first-order chi connectivity index (χ1) is 17.0. The van der Waals surface area contributed by atoms with E-state index in [1.165, 1.54) is 4.90 Å². The van der Waals surface area contributed by atoms with Crippen LogP contribution in [0.3, 0.4) is 0 Å². The largest absolute Gasteiger partial charge is 0.497 e. The van der Waals surface area contributed by atoms with E-state index in [0.717, 1.165) is 22.5 Å². The molecular weight excluding hydrogens is 482 g/mol. The molecule has 2 amide bonds. The summed E-state index contributed by atoms with van der Waals surface area (Å²) in [6.45, 7) is 7.19. The van der Waals surface area contributed by atoms with E-state index in [0.29, 0.717) is 18.1 Å². The van der Waals surface area contributed by atoms with Crippen LogP contribution in [0.25, 0.3) is 0 Å². The van der Waals surface area contributed by atoms with Crippen LogP contribution in [0.4, 0.5) is 5.69 Å². The third-order valence-electron chi connectivity index (χ3n) is 5.77. The van der Waals surface area contributed by atoms with Gasteiger partial charge in [0.15, 0.2) is 0 Å². The SMILES string of the molecule is CCOc1ccccc1N(CC(=O)N(Cc1cccc(OC)c1)[C@H](C)C(=O)N[C@@H](C)CC)S(C)(=O)=O. The lowest BCUT2D eigenvalue weighted by Gasteiger charge is -2.32. The van der Waals surface area contributed by atoms with Crippen molar-refractivity contribution in [3.63, 3.8) is 0 Å². The van der Waals surface area contributed by atoms with Gasteiger partial charge in [0.2, 0.25) is 21.8 Å². The monoisotopic (exact) mass is 519 g/mol. The number of rotatable bonds is 13. The summed E-state index contributed by atoms with van der Waals surface area (Å²) in [4.78, 5) is 28.0. The normalized spacial score (nSPS) is 12.8. The molecule has 0 spiro atoms. The molecule has 198 valence electrons. The average molecular weight is 520 g/mol. The van der Waals surface area contributed by atoms with E-state index in [9.17, 15) is 18.0 Å². The predicted octanol–water partition coefficient (Wildman–Crippen LogP) is 3.19. The molecule has 1 N–H and O–H groups in total. The molecule has 0 fully saturated rings. The Kier molecular flexibility index (Phi) is 10.6. The lowest BCUT2D eigenvalue weighted by Crippen LogP contribution is -2.52. The van der Waals surface area contributed by atoms with Gasteiger partial charge in [0.25, 0.3) is 0 Å². The quantitative estimate of drug-likeness (QED) is 0.436. The van der Waals surface area contributed by atoms with Gasteiger partial charge >= 0.3 is 0 Å². The molecule has 0 saturated carbocycles. The van der Waals surface area contributed by atoms with E-state index in [4.69, 9.17) is 9.47 Å². The number of ether oxygens (including phenoxy) is 2. The fourth-order valence-corrected chi connectivity index (χ4v) is 4.40. The Morgan fingerprint density at radius 2 is 1.75 bits per heavy atom. The van der Waals surface area contributed by atoms with Gasteiger partial charge in [-0.1, -0.05) is 31.2 Å². The van der Waals surface area contributed by atoms with Crippen LogP contribution < -0.4 is 19.1 Å². The van der Waals surface area contributed by atoms with Gasteiger partial charge in [-0.2, -0.15) is 0 Å². The second-order valence-corrected chi connectivity index (χ2v) is 10.4. The summed E-state index contributed by atoms with van der Waals surface area (Å²) in [5.74, 6) is 0.114. The summed E-state index contributed by atoms with van der Waals surface area (Å²) in [7, 11) is -2.31. The van der Waals surface area contributed by atoms with E-state index >= 15 is 0 Å². The topological polar surface area (TPSA) is 105 Å². The molecular formula is C26H37N3O6S. The molecule has 0 aliphatic heterocycles. The maximum absolute atomic E-state index is 13.7. The van der Waals surface area contributed by atoms with E-state index in [1.54, 1.807) is 63.4 Å². The van der Waals surface area contributed by atoms with Gasteiger partial charge < -0.3 is 19.7 Å². The molecule has 36 heavy (non-hydrogen) atoms. The van der Waals surface area contributed by atoms with Gasteiger partial charge in [0.1, 0.15) is 24.1 Å². The van der Waals surface area contributed by atoms with Crippen LogP contribution in [0.2, 0.25) is 0 Å². The van der Waals surface area contributed by atoms with E-state index in [-0.39, 0.29) is 24.2 Å². The zero-order chi connectivity index (χ0) is 26.9. The van der Waals surface area contributed by atoms with Gasteiger partial charge in [0, 0.05) is 12.6 Å². The fraction of sp³-hybridized carbons (Fsp3) is 0.462. The number of amides is 2. The number of sulfonamides is 1. The molecule has 0 unspecified atom stereocenters. The molecule has 0 radical (unpaired) electrons. The first kappa shape index (κ1) is 29.0. The molecule has 2 rings (SSSR count). The maximum Gasteiger partial charge on any atom is 0.244 e. The minimum Gasteiger partial charge on any atom is -0.497 e. The lowest BCUT2D eigenvalue weighted by molar-refractivity contribution is -0.139. The molecule has 2 aromatic carbocycles. The van der Waals surface area contributed by atoms with Gasteiger partial charge in [-0.25, -0.2) is 8.42 Å². The van der Waals surface area contributed by atoms with Crippen molar-refractivity contribution >= 4 is 27.5 Å². The Morgan fingerprint density at radius 1 is 1.06 bits per heavy atom. The Bertz CT molecular complexity index is 1140. The molecule has 2 aromatic rings. The summed E-state index contributed by atoms with van der Waals surface area (Å²) < 4.78 is 37.5. The zero-order valence-electron chi connectivity index (χ0n) is 21.9. The molecule has 0 heterocycles. The second kappa shape index (κ2) is 13.2. The highest BCUT2D eigenvalue weighted by molar-refractivity contribution is 7.92. The maximum atomic E-state index is 13.7. The Morgan fingerprint density at radius 3 is 2.36 bits per heavy atom. The van der Waals surface area contributed by atoms with Gasteiger partial charge in [0.05, 0.1) is 25.7 Å². The number of nitrogens with one attached hydrogen (secondary N) is 1. The standard InChI is InChI=1S/C26H37N3O6S/c1-7-19(3)27-26(31)20(4)28(17-21-12-11-13-22(16-21)34-5)25(30)18-29(36(6,32)33)23-14-9-10-15-24(23)35-8-2/h9-16,19-20H,7-8,17-18H2,1-6H3,(H,27,31)/t19-,20+/m0/s1. The predicted molar refractivity (Wildman–Crippen MR) is 141 cm³/mol. The number of carbonyl (C=O) groups is 2. The van der Waals surface area contributed by atoms with Crippen LogP contribution in [-0.4, -0.2) is 63.7 Å². The molecule has 0 aliphatic carbocycles. The first-order valence-electron chi connectivity index (χ1n) is 11.9. The van der Waals surface area contributed by atoms with Gasteiger partial charge in [-0.15, -0.1) is 0 Å². The van der Waals surface area contributed by atoms with Crippen molar-refractivity contribution in [3.8, 4) is 11.5 Å². The van der Waals surface area contributed by atoms with Crippen LogP contribution in [0.1, 0.15) is 39.7 Å². The summed E-state index contributed by atoms with van der Waals surface area (Å²) in [5, 5.41) is 2.90. The van der Waals surface area contributed by atoms with Crippen molar-refractivity contribution < 1.29 is 27.5 Å². The number of carbonyl (C=O) groups excluding carboxylic acids is 2. The molecule has 9 nitrogen and oxygen atoms in total. The van der Waals surface area contributed by atoms with Crippen LogP contribution in [0, 0.1) is 0 Å². The molecule has 2 atom stereocenters. The molecule has 0 bridgehead atoms. The molecule has 0 saturated heterocycles. The zero-order valence-corrected chi connectivity index (χ0v) is 22.7. The molecule has 10 heteroatoms. The number of hydrogen-bond donors (Lipinski definition) is 1. The highest BCUT2D eigenvalue weighted by Gasteiger charge is 2.31. The van der Waals surface area contributed by atoms with Crippen LogP contribution in [0.15, 0.2) is 48.5 Å². The minimum absolute atomic E-state index is 0.0701. The van der Waals surface area contributed by atoms with Crippen molar-refractivity contribution in [2.24, 2.45) is 0 Å². The number of hydrogen-bond acceptors (Lipinski definition) is 6. The first-order valence-corrected chi connectivity index (χ1v) is 13.8. The highest BCUT2D eigenvalue weighted by atomic mass is 32.2. The smallest absolute Gasteiger partial charge is 0.244 e.